The zero-order valence-corrected chi connectivity index (χ0v) is 20.2. The molecule has 0 amide bonds. The van der Waals surface area contributed by atoms with Gasteiger partial charge in [-0.2, -0.15) is 18.6 Å². The average molecular weight is 424 g/mol. The molecule has 0 heterocycles. The molecular weight excluding hydrogens is 382 g/mol. The van der Waals surface area contributed by atoms with E-state index in [4.69, 9.17) is 0 Å². The van der Waals surface area contributed by atoms with Gasteiger partial charge in [0.25, 0.3) is 10.1 Å². The van der Waals surface area contributed by atoms with Gasteiger partial charge in [0.15, 0.2) is 0 Å². The maximum atomic E-state index is 10.8. The highest BCUT2D eigenvalue weighted by atomic mass is 32.2. The van der Waals surface area contributed by atoms with Crippen molar-refractivity contribution in [3.05, 3.63) is 83.9 Å². The Hall–Kier alpha value is -1.95. The lowest BCUT2D eigenvalue weighted by atomic mass is 10.0. The quantitative estimate of drug-likeness (QED) is 0.431. The van der Waals surface area contributed by atoms with Crippen LogP contribution in [0.2, 0.25) is 0 Å². The third-order valence-corrected chi connectivity index (χ3v) is 4.11. The molecule has 29 heavy (non-hydrogen) atoms. The van der Waals surface area contributed by atoms with E-state index in [9.17, 15) is 8.42 Å². The van der Waals surface area contributed by atoms with E-state index < -0.39 is 10.1 Å². The lowest BCUT2D eigenvalue weighted by molar-refractivity contribution is 0.332. The Morgan fingerprint density at radius 2 is 1.21 bits per heavy atom. The van der Waals surface area contributed by atoms with Crippen LogP contribution >= 0.6 is 0 Å². The van der Waals surface area contributed by atoms with Gasteiger partial charge in [-0.3, -0.25) is 0 Å². The number of rotatable bonds is 4. The van der Waals surface area contributed by atoms with Crippen LogP contribution < -0.4 is 5.90 Å². The molecule has 0 bridgehead atoms. The van der Waals surface area contributed by atoms with E-state index in [0.29, 0.717) is 11.5 Å². The third-order valence-electron chi connectivity index (χ3n) is 3.13. The second-order valence-corrected chi connectivity index (χ2v) is 7.11. The van der Waals surface area contributed by atoms with Gasteiger partial charge in [0, 0.05) is 0 Å². The monoisotopic (exact) mass is 423 g/mol. The predicted octanol–water partition coefficient (Wildman–Crippen LogP) is 6.85. The summed E-state index contributed by atoms with van der Waals surface area (Å²) in [6.45, 7) is 16.4. The Bertz CT molecular complexity index is 679. The van der Waals surface area contributed by atoms with Crippen molar-refractivity contribution in [3.8, 4) is 0 Å². The minimum absolute atomic E-state index is 0.190. The molecular formula is C24H41NO3S. The van der Waals surface area contributed by atoms with Gasteiger partial charge in [-0.15, -0.1) is 0 Å². The summed E-state index contributed by atoms with van der Waals surface area (Å²) in [6.07, 6.45) is 4.00. The number of benzene rings is 2. The summed E-state index contributed by atoms with van der Waals surface area (Å²) in [5.41, 5.74) is 2.07. The fourth-order valence-corrected chi connectivity index (χ4v) is 2.32. The number of hydrogen-bond donors (Lipinski definition) is 1. The summed E-state index contributed by atoms with van der Waals surface area (Å²) >= 11 is 0. The van der Waals surface area contributed by atoms with E-state index in [2.05, 4.69) is 48.3 Å². The molecule has 2 N–H and O–H groups in total. The first-order valence-electron chi connectivity index (χ1n) is 10.1. The van der Waals surface area contributed by atoms with E-state index in [-0.39, 0.29) is 5.75 Å². The molecule has 2 rings (SSSR count). The third kappa shape index (κ3) is 20.6. The molecule has 0 atom stereocenters. The highest BCUT2D eigenvalue weighted by Gasteiger charge is 2.09. The van der Waals surface area contributed by atoms with E-state index in [1.165, 1.54) is 5.56 Å². The normalized spacial score (nSPS) is 9.59. The molecule has 5 heteroatoms. The highest BCUT2D eigenvalue weighted by Crippen LogP contribution is 2.11. The Balaban J connectivity index is -0.000000351. The zero-order valence-electron chi connectivity index (χ0n) is 19.4. The molecule has 0 saturated carbocycles. The summed E-state index contributed by atoms with van der Waals surface area (Å²) in [7, 11) is -3.59. The minimum Gasteiger partial charge on any atom is -0.198 e. The summed E-state index contributed by atoms with van der Waals surface area (Å²) in [5.74, 6) is 5.03. The first kappa shape index (κ1) is 31.7. The molecule has 0 aromatic heterocycles. The molecule has 0 fully saturated rings. The van der Waals surface area contributed by atoms with E-state index >= 15 is 0 Å². The maximum Gasteiger partial charge on any atom is 0.287 e. The maximum absolute atomic E-state index is 10.8. The summed E-state index contributed by atoms with van der Waals surface area (Å²) in [4.78, 5) is 0. The van der Waals surface area contributed by atoms with Crippen molar-refractivity contribution in [2.24, 2.45) is 5.90 Å². The topological polar surface area (TPSA) is 69.4 Å². The molecule has 0 radical (unpaired) electrons. The van der Waals surface area contributed by atoms with Crippen molar-refractivity contribution in [2.45, 2.75) is 67.1 Å². The van der Waals surface area contributed by atoms with Crippen molar-refractivity contribution in [1.29, 1.82) is 0 Å². The van der Waals surface area contributed by atoms with Crippen molar-refractivity contribution >= 4 is 10.1 Å². The van der Waals surface area contributed by atoms with Crippen LogP contribution in [0.5, 0.6) is 0 Å². The molecule has 0 aliphatic carbocycles. The van der Waals surface area contributed by atoms with Crippen LogP contribution in [0.3, 0.4) is 0 Å². The number of nitrogens with two attached hydrogens (primary N) is 1. The Labute approximate surface area is 179 Å². The van der Waals surface area contributed by atoms with Crippen LogP contribution in [0.15, 0.2) is 72.8 Å². The van der Waals surface area contributed by atoms with Gasteiger partial charge < -0.3 is 0 Å². The van der Waals surface area contributed by atoms with Crippen molar-refractivity contribution in [1.82, 2.24) is 0 Å². The summed E-state index contributed by atoms with van der Waals surface area (Å²) < 4.78 is 25.5. The van der Waals surface area contributed by atoms with E-state index in [0.717, 1.165) is 0 Å². The lowest BCUT2D eigenvalue weighted by Gasteiger charge is -2.01. The van der Waals surface area contributed by atoms with Crippen LogP contribution in [-0.4, -0.2) is 8.42 Å². The van der Waals surface area contributed by atoms with Gasteiger partial charge in [-0.1, -0.05) is 114 Å². The second kappa shape index (κ2) is 22.3. The summed E-state index contributed by atoms with van der Waals surface area (Å²) in [5, 5.41) is 0. The smallest absolute Gasteiger partial charge is 0.198 e. The fraction of sp³-hybridized carbons (Fsp3) is 0.417. The van der Waals surface area contributed by atoms with Crippen LogP contribution in [-0.2, 0) is 20.2 Å². The molecule has 0 saturated heterocycles. The molecule has 0 unspecified atom stereocenters. The Morgan fingerprint density at radius 1 is 0.828 bits per heavy atom. The zero-order chi connectivity index (χ0) is 23.1. The average Bonchev–Trinajstić information content (AvgIpc) is 2.78. The van der Waals surface area contributed by atoms with Gasteiger partial charge in [0.2, 0.25) is 0 Å². The van der Waals surface area contributed by atoms with Crippen LogP contribution in [0, 0.1) is 0 Å². The lowest BCUT2D eigenvalue weighted by Crippen LogP contribution is -2.12. The second-order valence-electron chi connectivity index (χ2n) is 5.52. The van der Waals surface area contributed by atoms with Crippen molar-refractivity contribution in [2.75, 3.05) is 0 Å². The van der Waals surface area contributed by atoms with Crippen LogP contribution in [0.1, 0.15) is 72.4 Å². The Kier molecular flexibility index (Phi) is 24.4. The molecule has 4 nitrogen and oxygen atoms in total. The van der Waals surface area contributed by atoms with Crippen LogP contribution in [0.25, 0.3) is 0 Å². The van der Waals surface area contributed by atoms with Crippen LogP contribution in [0.4, 0.5) is 0 Å². The van der Waals surface area contributed by atoms with Gasteiger partial charge in [-0.25, -0.2) is 0 Å². The SMILES string of the molecule is CC.CC.CC(C)c1ccccc1.CC=CC.NOS(=O)(=O)Cc1ccccc1. The van der Waals surface area contributed by atoms with Gasteiger partial charge in [-0.05, 0) is 30.9 Å². The fourth-order valence-electron chi connectivity index (χ4n) is 1.65. The number of hydrogen-bond acceptors (Lipinski definition) is 4. The summed E-state index contributed by atoms with van der Waals surface area (Å²) in [6, 6.07) is 19.2. The van der Waals surface area contributed by atoms with E-state index in [1.807, 2.05) is 59.8 Å². The van der Waals surface area contributed by atoms with Gasteiger partial charge in [0.1, 0.15) is 5.75 Å². The molecule has 0 aliphatic heterocycles. The first-order valence-corrected chi connectivity index (χ1v) is 11.7. The minimum atomic E-state index is -3.59. The highest BCUT2D eigenvalue weighted by molar-refractivity contribution is 7.85. The Morgan fingerprint density at radius 3 is 1.48 bits per heavy atom. The van der Waals surface area contributed by atoms with Crippen molar-refractivity contribution in [3.63, 3.8) is 0 Å². The molecule has 2 aromatic rings. The standard InChI is InChI=1S/C9H12.C7H9NO3S.C4H8.2C2H6/c1-8(2)9-6-4-3-5-7-9;8-11-12(9,10)6-7-4-2-1-3-5-7;1-3-4-2;2*1-2/h3-8H,1-2H3;1-5H,6,8H2;3-4H,1-2H3;2*1-2H3. The van der Waals surface area contributed by atoms with Gasteiger partial charge in [0.05, 0.1) is 0 Å². The molecule has 0 spiro atoms. The van der Waals surface area contributed by atoms with Crippen molar-refractivity contribution < 1.29 is 12.7 Å². The molecule has 0 aliphatic rings. The van der Waals surface area contributed by atoms with Gasteiger partial charge >= 0.3 is 0 Å². The van der Waals surface area contributed by atoms with E-state index in [1.54, 1.807) is 30.3 Å². The predicted molar refractivity (Wildman–Crippen MR) is 128 cm³/mol. The molecule has 166 valence electrons. The first-order chi connectivity index (χ1) is 13.9. The number of allylic oxidation sites excluding steroid dienone is 2. The molecule has 2 aromatic carbocycles. The largest absolute Gasteiger partial charge is 0.287 e.